The van der Waals surface area contributed by atoms with Crippen LogP contribution in [0.1, 0.15) is 24.5 Å². The van der Waals surface area contributed by atoms with E-state index in [2.05, 4.69) is 43.4 Å². The predicted molar refractivity (Wildman–Crippen MR) is 70.6 cm³/mol. The topological polar surface area (TPSA) is 38.0 Å². The van der Waals surface area contributed by atoms with Crippen LogP contribution in [0, 0.1) is 12.8 Å². The van der Waals surface area contributed by atoms with Gasteiger partial charge >= 0.3 is 0 Å². The highest BCUT2D eigenvalue weighted by Gasteiger charge is 1.98. The number of hydrogen-bond donors (Lipinski definition) is 2. The number of benzene rings is 1. The Bertz CT molecular complexity index is 297. The standard InChI is InChI=1S/C14H24N2/c1-12-4-3-5-14(10-12)7-9-16-8-6-13(2)11-15/h3-5,10,13,16H,6-9,11,15H2,1-2H3. The Morgan fingerprint density at radius 3 is 2.81 bits per heavy atom. The fraction of sp³-hybridized carbons (Fsp3) is 0.571. The molecular formula is C14H24N2. The van der Waals surface area contributed by atoms with Crippen LogP contribution in [0.2, 0.25) is 0 Å². The van der Waals surface area contributed by atoms with E-state index in [0.717, 1.165) is 26.1 Å². The Kier molecular flexibility index (Phi) is 6.12. The van der Waals surface area contributed by atoms with Crippen LogP contribution in [0.3, 0.4) is 0 Å². The molecule has 1 aromatic carbocycles. The molecule has 16 heavy (non-hydrogen) atoms. The van der Waals surface area contributed by atoms with E-state index in [1.165, 1.54) is 17.5 Å². The van der Waals surface area contributed by atoms with Crippen molar-refractivity contribution in [2.45, 2.75) is 26.7 Å². The SMILES string of the molecule is Cc1cccc(CCNCCC(C)CN)c1. The van der Waals surface area contributed by atoms with Gasteiger partial charge in [-0.3, -0.25) is 0 Å². The second kappa shape index (κ2) is 7.42. The van der Waals surface area contributed by atoms with Crippen LogP contribution < -0.4 is 11.1 Å². The maximum atomic E-state index is 5.57. The zero-order valence-electron chi connectivity index (χ0n) is 10.5. The number of nitrogens with two attached hydrogens (primary N) is 1. The molecule has 0 saturated heterocycles. The lowest BCUT2D eigenvalue weighted by molar-refractivity contribution is 0.511. The van der Waals surface area contributed by atoms with E-state index in [4.69, 9.17) is 5.73 Å². The second-order valence-corrected chi connectivity index (χ2v) is 4.62. The van der Waals surface area contributed by atoms with Crippen molar-refractivity contribution in [3.05, 3.63) is 35.4 Å². The Morgan fingerprint density at radius 2 is 2.12 bits per heavy atom. The lowest BCUT2D eigenvalue weighted by atomic mass is 10.1. The molecule has 1 rings (SSSR count). The molecule has 0 aliphatic rings. The highest BCUT2D eigenvalue weighted by molar-refractivity contribution is 5.22. The Morgan fingerprint density at radius 1 is 1.31 bits per heavy atom. The van der Waals surface area contributed by atoms with Gasteiger partial charge in [0.1, 0.15) is 0 Å². The number of hydrogen-bond acceptors (Lipinski definition) is 2. The van der Waals surface area contributed by atoms with Gasteiger partial charge < -0.3 is 11.1 Å². The Balaban J connectivity index is 2.12. The highest BCUT2D eigenvalue weighted by atomic mass is 14.8. The van der Waals surface area contributed by atoms with Gasteiger partial charge in [0.2, 0.25) is 0 Å². The van der Waals surface area contributed by atoms with Gasteiger partial charge in [-0.25, -0.2) is 0 Å². The first kappa shape index (κ1) is 13.2. The molecule has 0 amide bonds. The molecule has 1 unspecified atom stereocenters. The minimum absolute atomic E-state index is 0.631. The molecule has 1 atom stereocenters. The molecule has 0 aliphatic carbocycles. The Labute approximate surface area is 99.2 Å². The zero-order chi connectivity index (χ0) is 11.8. The van der Waals surface area contributed by atoms with Crippen molar-refractivity contribution in [1.82, 2.24) is 5.32 Å². The maximum Gasteiger partial charge on any atom is -0.000835 e. The van der Waals surface area contributed by atoms with Crippen molar-refractivity contribution >= 4 is 0 Å². The molecule has 0 radical (unpaired) electrons. The van der Waals surface area contributed by atoms with Gasteiger partial charge in [-0.15, -0.1) is 0 Å². The maximum absolute atomic E-state index is 5.57. The van der Waals surface area contributed by atoms with Crippen molar-refractivity contribution < 1.29 is 0 Å². The van der Waals surface area contributed by atoms with Gasteiger partial charge in [-0.05, 0) is 50.9 Å². The number of aryl methyl sites for hydroxylation is 1. The summed E-state index contributed by atoms with van der Waals surface area (Å²) in [5.41, 5.74) is 8.32. The predicted octanol–water partition coefficient (Wildman–Crippen LogP) is 2.11. The smallest absolute Gasteiger partial charge is 0.000835 e. The monoisotopic (exact) mass is 220 g/mol. The third-order valence-corrected chi connectivity index (χ3v) is 2.89. The first-order valence-electron chi connectivity index (χ1n) is 6.18. The first-order valence-corrected chi connectivity index (χ1v) is 6.18. The summed E-state index contributed by atoms with van der Waals surface area (Å²) in [4.78, 5) is 0. The van der Waals surface area contributed by atoms with Crippen molar-refractivity contribution in [2.75, 3.05) is 19.6 Å². The molecule has 2 heteroatoms. The average Bonchev–Trinajstić information content (AvgIpc) is 2.28. The van der Waals surface area contributed by atoms with Gasteiger partial charge in [0.15, 0.2) is 0 Å². The lowest BCUT2D eigenvalue weighted by Gasteiger charge is -2.09. The molecule has 0 aromatic heterocycles. The van der Waals surface area contributed by atoms with E-state index in [9.17, 15) is 0 Å². The summed E-state index contributed by atoms with van der Waals surface area (Å²) in [5, 5.41) is 3.46. The summed E-state index contributed by atoms with van der Waals surface area (Å²) in [7, 11) is 0. The van der Waals surface area contributed by atoms with Gasteiger partial charge in [0, 0.05) is 0 Å². The van der Waals surface area contributed by atoms with Crippen LogP contribution in [0.5, 0.6) is 0 Å². The Hall–Kier alpha value is -0.860. The second-order valence-electron chi connectivity index (χ2n) is 4.62. The fourth-order valence-electron chi connectivity index (χ4n) is 1.69. The molecule has 0 heterocycles. The molecule has 0 spiro atoms. The third kappa shape index (κ3) is 5.29. The van der Waals surface area contributed by atoms with Crippen molar-refractivity contribution in [1.29, 1.82) is 0 Å². The third-order valence-electron chi connectivity index (χ3n) is 2.89. The van der Waals surface area contributed by atoms with E-state index in [1.807, 2.05) is 0 Å². The number of rotatable bonds is 7. The molecule has 90 valence electrons. The van der Waals surface area contributed by atoms with Gasteiger partial charge in [0.05, 0.1) is 0 Å². The molecule has 3 N–H and O–H groups in total. The van der Waals surface area contributed by atoms with Crippen molar-refractivity contribution in [2.24, 2.45) is 11.7 Å². The molecular weight excluding hydrogens is 196 g/mol. The van der Waals surface area contributed by atoms with Crippen molar-refractivity contribution in [3.8, 4) is 0 Å². The average molecular weight is 220 g/mol. The largest absolute Gasteiger partial charge is 0.330 e. The van der Waals surface area contributed by atoms with E-state index >= 15 is 0 Å². The molecule has 2 nitrogen and oxygen atoms in total. The van der Waals surface area contributed by atoms with E-state index < -0.39 is 0 Å². The molecule has 1 aromatic rings. The van der Waals surface area contributed by atoms with Gasteiger partial charge in [0.25, 0.3) is 0 Å². The quantitative estimate of drug-likeness (QED) is 0.691. The van der Waals surface area contributed by atoms with Crippen LogP contribution in [-0.4, -0.2) is 19.6 Å². The normalized spacial score (nSPS) is 12.7. The van der Waals surface area contributed by atoms with Crippen LogP contribution in [0.4, 0.5) is 0 Å². The summed E-state index contributed by atoms with van der Waals surface area (Å²) in [6, 6.07) is 8.71. The summed E-state index contributed by atoms with van der Waals surface area (Å²) < 4.78 is 0. The van der Waals surface area contributed by atoms with E-state index in [1.54, 1.807) is 0 Å². The number of nitrogens with one attached hydrogen (secondary N) is 1. The molecule has 0 saturated carbocycles. The van der Waals surface area contributed by atoms with Crippen LogP contribution >= 0.6 is 0 Å². The summed E-state index contributed by atoms with van der Waals surface area (Å²) in [5.74, 6) is 0.631. The molecule has 0 bridgehead atoms. The molecule has 0 fully saturated rings. The zero-order valence-corrected chi connectivity index (χ0v) is 10.5. The lowest BCUT2D eigenvalue weighted by Crippen LogP contribution is -2.22. The van der Waals surface area contributed by atoms with Crippen molar-refractivity contribution in [3.63, 3.8) is 0 Å². The summed E-state index contributed by atoms with van der Waals surface area (Å²) >= 11 is 0. The van der Waals surface area contributed by atoms with Crippen LogP contribution in [-0.2, 0) is 6.42 Å². The van der Waals surface area contributed by atoms with E-state index in [-0.39, 0.29) is 0 Å². The summed E-state index contributed by atoms with van der Waals surface area (Å²) in [6.45, 7) is 7.26. The first-order chi connectivity index (χ1) is 7.72. The van der Waals surface area contributed by atoms with Crippen LogP contribution in [0.25, 0.3) is 0 Å². The van der Waals surface area contributed by atoms with Gasteiger partial charge in [-0.2, -0.15) is 0 Å². The highest BCUT2D eigenvalue weighted by Crippen LogP contribution is 2.04. The summed E-state index contributed by atoms with van der Waals surface area (Å²) in [6.07, 6.45) is 2.28. The minimum Gasteiger partial charge on any atom is -0.330 e. The molecule has 0 aliphatic heterocycles. The van der Waals surface area contributed by atoms with E-state index in [0.29, 0.717) is 5.92 Å². The minimum atomic E-state index is 0.631. The van der Waals surface area contributed by atoms with Gasteiger partial charge in [-0.1, -0.05) is 36.8 Å². The fourth-order valence-corrected chi connectivity index (χ4v) is 1.69. The van der Waals surface area contributed by atoms with Crippen LogP contribution in [0.15, 0.2) is 24.3 Å².